The molecule has 0 saturated carbocycles. The first kappa shape index (κ1) is 17.8. The SMILES string of the molecule is COc1ccc(OC)c(N2C[C@H](C(=O)Nc3ccccc3C)CC2=O)c1. The molecule has 136 valence electrons. The van der Waals surface area contributed by atoms with Gasteiger partial charge in [0.25, 0.3) is 0 Å². The fourth-order valence-corrected chi connectivity index (χ4v) is 3.07. The molecule has 0 unspecified atom stereocenters. The summed E-state index contributed by atoms with van der Waals surface area (Å²) in [4.78, 5) is 26.7. The van der Waals surface area contributed by atoms with Crippen LogP contribution in [-0.2, 0) is 9.59 Å². The van der Waals surface area contributed by atoms with Gasteiger partial charge in [0.1, 0.15) is 11.5 Å². The van der Waals surface area contributed by atoms with Gasteiger partial charge in [-0.3, -0.25) is 9.59 Å². The minimum absolute atomic E-state index is 0.110. The molecular weight excluding hydrogens is 332 g/mol. The summed E-state index contributed by atoms with van der Waals surface area (Å²) in [7, 11) is 3.12. The van der Waals surface area contributed by atoms with Gasteiger partial charge in [0.2, 0.25) is 11.8 Å². The Morgan fingerprint density at radius 3 is 2.62 bits per heavy atom. The predicted octanol–water partition coefficient (Wildman–Crippen LogP) is 3.00. The molecule has 2 amide bonds. The molecule has 0 bridgehead atoms. The van der Waals surface area contributed by atoms with E-state index in [4.69, 9.17) is 9.47 Å². The Hall–Kier alpha value is -3.02. The molecule has 1 aliphatic rings. The number of carbonyl (C=O) groups excluding carboxylic acids is 2. The molecule has 1 fully saturated rings. The topological polar surface area (TPSA) is 67.9 Å². The van der Waals surface area contributed by atoms with Crippen molar-refractivity contribution in [3.8, 4) is 11.5 Å². The summed E-state index contributed by atoms with van der Waals surface area (Å²) in [5.41, 5.74) is 2.36. The molecule has 1 N–H and O–H groups in total. The molecule has 0 aliphatic carbocycles. The van der Waals surface area contributed by atoms with E-state index in [2.05, 4.69) is 5.32 Å². The van der Waals surface area contributed by atoms with Gasteiger partial charge in [-0.25, -0.2) is 0 Å². The van der Waals surface area contributed by atoms with E-state index in [1.165, 1.54) is 0 Å². The highest BCUT2D eigenvalue weighted by atomic mass is 16.5. The van der Waals surface area contributed by atoms with Crippen LogP contribution in [0.3, 0.4) is 0 Å². The average molecular weight is 354 g/mol. The molecule has 6 nitrogen and oxygen atoms in total. The van der Waals surface area contributed by atoms with E-state index in [9.17, 15) is 9.59 Å². The predicted molar refractivity (Wildman–Crippen MR) is 99.8 cm³/mol. The van der Waals surface area contributed by atoms with Crippen LogP contribution >= 0.6 is 0 Å². The molecule has 0 spiro atoms. The highest BCUT2D eigenvalue weighted by Gasteiger charge is 2.36. The molecule has 6 heteroatoms. The first-order valence-corrected chi connectivity index (χ1v) is 8.42. The van der Waals surface area contributed by atoms with Crippen molar-refractivity contribution in [3.05, 3.63) is 48.0 Å². The molecule has 1 heterocycles. The summed E-state index contributed by atoms with van der Waals surface area (Å²) >= 11 is 0. The zero-order chi connectivity index (χ0) is 18.7. The van der Waals surface area contributed by atoms with Crippen molar-refractivity contribution in [3.63, 3.8) is 0 Å². The number of nitrogens with zero attached hydrogens (tertiary/aromatic N) is 1. The average Bonchev–Trinajstić information content (AvgIpc) is 3.04. The fraction of sp³-hybridized carbons (Fsp3) is 0.300. The molecule has 1 saturated heterocycles. The first-order chi connectivity index (χ1) is 12.5. The molecule has 0 aromatic heterocycles. The third-order valence-corrected chi connectivity index (χ3v) is 4.58. The lowest BCUT2D eigenvalue weighted by molar-refractivity contribution is -0.122. The molecule has 2 aromatic rings. The first-order valence-electron chi connectivity index (χ1n) is 8.42. The minimum Gasteiger partial charge on any atom is -0.497 e. The Morgan fingerprint density at radius 1 is 1.15 bits per heavy atom. The molecule has 1 atom stereocenters. The number of aryl methyl sites for hydroxylation is 1. The zero-order valence-corrected chi connectivity index (χ0v) is 15.1. The Morgan fingerprint density at radius 2 is 1.92 bits per heavy atom. The van der Waals surface area contributed by atoms with Crippen LogP contribution in [0.2, 0.25) is 0 Å². The highest BCUT2D eigenvalue weighted by Crippen LogP contribution is 2.36. The number of hydrogen-bond acceptors (Lipinski definition) is 4. The van der Waals surface area contributed by atoms with Crippen LogP contribution in [0.15, 0.2) is 42.5 Å². The number of ether oxygens (including phenoxy) is 2. The maximum atomic E-state index is 12.6. The van der Waals surface area contributed by atoms with Gasteiger partial charge in [-0.05, 0) is 30.7 Å². The fourth-order valence-electron chi connectivity index (χ4n) is 3.07. The maximum absolute atomic E-state index is 12.6. The van der Waals surface area contributed by atoms with Gasteiger partial charge < -0.3 is 19.7 Å². The summed E-state index contributed by atoms with van der Waals surface area (Å²) in [5, 5.41) is 2.92. The van der Waals surface area contributed by atoms with Gasteiger partial charge in [-0.2, -0.15) is 0 Å². The van der Waals surface area contributed by atoms with Crippen molar-refractivity contribution in [2.45, 2.75) is 13.3 Å². The van der Waals surface area contributed by atoms with Gasteiger partial charge in [0.05, 0.1) is 25.8 Å². The summed E-state index contributed by atoms with van der Waals surface area (Å²) in [6, 6.07) is 12.8. The van der Waals surface area contributed by atoms with E-state index in [-0.39, 0.29) is 18.2 Å². The van der Waals surface area contributed by atoms with Gasteiger partial charge in [0.15, 0.2) is 0 Å². The van der Waals surface area contributed by atoms with Gasteiger partial charge in [-0.1, -0.05) is 18.2 Å². The van der Waals surface area contributed by atoms with Crippen LogP contribution in [0.1, 0.15) is 12.0 Å². The Bertz CT molecular complexity index is 834. The molecular formula is C20H22N2O4. The van der Waals surface area contributed by atoms with Crippen LogP contribution in [0.5, 0.6) is 11.5 Å². The van der Waals surface area contributed by atoms with Crippen LogP contribution in [0.25, 0.3) is 0 Å². The number of carbonyl (C=O) groups is 2. The number of rotatable bonds is 5. The van der Waals surface area contributed by atoms with E-state index in [1.807, 2.05) is 31.2 Å². The van der Waals surface area contributed by atoms with Crippen molar-refractivity contribution in [1.82, 2.24) is 0 Å². The van der Waals surface area contributed by atoms with Crippen LogP contribution < -0.4 is 19.7 Å². The number of hydrogen-bond donors (Lipinski definition) is 1. The lowest BCUT2D eigenvalue weighted by atomic mass is 10.1. The zero-order valence-electron chi connectivity index (χ0n) is 15.1. The lowest BCUT2D eigenvalue weighted by Crippen LogP contribution is -2.28. The smallest absolute Gasteiger partial charge is 0.229 e. The number of anilines is 2. The maximum Gasteiger partial charge on any atom is 0.229 e. The van der Waals surface area contributed by atoms with E-state index in [1.54, 1.807) is 37.3 Å². The summed E-state index contributed by atoms with van der Waals surface area (Å²) in [6.45, 7) is 2.24. The van der Waals surface area contributed by atoms with Crippen molar-refractivity contribution in [1.29, 1.82) is 0 Å². The largest absolute Gasteiger partial charge is 0.497 e. The number of methoxy groups -OCH3 is 2. The molecule has 1 aliphatic heterocycles. The van der Waals surface area contributed by atoms with Crippen molar-refractivity contribution >= 4 is 23.2 Å². The lowest BCUT2D eigenvalue weighted by Gasteiger charge is -2.20. The Labute approximate surface area is 152 Å². The Balaban J connectivity index is 1.79. The van der Waals surface area contributed by atoms with Crippen molar-refractivity contribution in [2.24, 2.45) is 5.92 Å². The molecule has 26 heavy (non-hydrogen) atoms. The van der Waals surface area contributed by atoms with E-state index < -0.39 is 5.92 Å². The summed E-state index contributed by atoms with van der Waals surface area (Å²) in [6.07, 6.45) is 0.165. The van der Waals surface area contributed by atoms with Crippen LogP contribution in [-0.4, -0.2) is 32.6 Å². The summed E-state index contributed by atoms with van der Waals surface area (Å²) in [5.74, 6) is 0.511. The van der Waals surface area contributed by atoms with Crippen molar-refractivity contribution in [2.75, 3.05) is 31.0 Å². The van der Waals surface area contributed by atoms with Gasteiger partial charge >= 0.3 is 0 Å². The molecule has 3 rings (SSSR count). The van der Waals surface area contributed by atoms with Crippen LogP contribution in [0, 0.1) is 12.8 Å². The van der Waals surface area contributed by atoms with Crippen LogP contribution in [0.4, 0.5) is 11.4 Å². The van der Waals surface area contributed by atoms with E-state index in [0.717, 1.165) is 11.3 Å². The number of para-hydroxylation sites is 1. The second kappa shape index (κ2) is 7.47. The number of benzene rings is 2. The highest BCUT2D eigenvalue weighted by molar-refractivity contribution is 6.04. The van der Waals surface area contributed by atoms with Gasteiger partial charge in [-0.15, -0.1) is 0 Å². The number of nitrogens with one attached hydrogen (secondary N) is 1. The van der Waals surface area contributed by atoms with E-state index >= 15 is 0 Å². The summed E-state index contributed by atoms with van der Waals surface area (Å²) < 4.78 is 10.6. The third kappa shape index (κ3) is 3.49. The number of amides is 2. The van der Waals surface area contributed by atoms with E-state index in [0.29, 0.717) is 23.7 Å². The van der Waals surface area contributed by atoms with Gasteiger partial charge in [0, 0.05) is 24.7 Å². The minimum atomic E-state index is -0.419. The monoisotopic (exact) mass is 354 g/mol. The molecule has 0 radical (unpaired) electrons. The molecule has 2 aromatic carbocycles. The second-order valence-corrected chi connectivity index (χ2v) is 6.25. The van der Waals surface area contributed by atoms with Crippen molar-refractivity contribution < 1.29 is 19.1 Å². The Kier molecular flexibility index (Phi) is 5.11. The normalized spacial score (nSPS) is 16.5. The quantitative estimate of drug-likeness (QED) is 0.896. The second-order valence-electron chi connectivity index (χ2n) is 6.25. The standard InChI is InChI=1S/C20H22N2O4/c1-13-6-4-5-7-16(13)21-20(24)14-10-19(23)22(12-14)17-11-15(25-2)8-9-18(17)26-3/h4-9,11,14H,10,12H2,1-3H3,(H,21,24)/t14-/m1/s1. The third-order valence-electron chi connectivity index (χ3n) is 4.58.